The van der Waals surface area contributed by atoms with E-state index < -0.39 is 24.3 Å². The van der Waals surface area contributed by atoms with Crippen molar-refractivity contribution in [2.24, 2.45) is 17.1 Å². The van der Waals surface area contributed by atoms with Crippen LogP contribution in [0.1, 0.15) is 59.3 Å². The number of aliphatic hydroxyl groups excluding tert-OH is 1. The fourth-order valence-corrected chi connectivity index (χ4v) is 2.99. The number of aliphatic hydroxyl groups is 1. The van der Waals surface area contributed by atoms with E-state index in [-0.39, 0.29) is 5.41 Å². The van der Waals surface area contributed by atoms with Gasteiger partial charge in [0.1, 0.15) is 0 Å². The predicted octanol–water partition coefficient (Wildman–Crippen LogP) is 2.33. The van der Waals surface area contributed by atoms with Crippen LogP contribution < -0.4 is 11.1 Å². The van der Waals surface area contributed by atoms with Gasteiger partial charge < -0.3 is 21.3 Å². The van der Waals surface area contributed by atoms with E-state index in [2.05, 4.69) is 5.32 Å². The topological polar surface area (TPSA) is 95.6 Å². The average molecular weight is 286 g/mol. The Hall–Kier alpha value is -0.810. The number of rotatable bonds is 5. The van der Waals surface area contributed by atoms with Crippen molar-refractivity contribution in [3.63, 3.8) is 0 Å². The Morgan fingerprint density at radius 2 is 1.85 bits per heavy atom. The summed E-state index contributed by atoms with van der Waals surface area (Å²) < 4.78 is 0. The molecule has 0 aromatic carbocycles. The molecule has 118 valence electrons. The van der Waals surface area contributed by atoms with Crippen LogP contribution >= 0.6 is 0 Å². The summed E-state index contributed by atoms with van der Waals surface area (Å²) in [5.41, 5.74) is 5.83. The Labute approximate surface area is 121 Å². The Kier molecular flexibility index (Phi) is 6.27. The molecule has 0 aromatic rings. The van der Waals surface area contributed by atoms with Gasteiger partial charge in [0, 0.05) is 6.04 Å². The molecule has 1 aliphatic rings. The quantitative estimate of drug-likeness (QED) is 0.623. The summed E-state index contributed by atoms with van der Waals surface area (Å²) in [5, 5.41) is 21.9. The lowest BCUT2D eigenvalue weighted by Crippen LogP contribution is -2.56. The van der Waals surface area contributed by atoms with E-state index in [1.165, 1.54) is 19.3 Å². The summed E-state index contributed by atoms with van der Waals surface area (Å²) >= 11 is 0. The maximum Gasteiger partial charge on any atom is 0.404 e. The molecule has 20 heavy (non-hydrogen) atoms. The van der Waals surface area contributed by atoms with Gasteiger partial charge in [-0.2, -0.15) is 0 Å². The highest BCUT2D eigenvalue weighted by Gasteiger charge is 2.35. The zero-order valence-electron chi connectivity index (χ0n) is 12.9. The van der Waals surface area contributed by atoms with Crippen LogP contribution in [0.5, 0.6) is 0 Å². The highest BCUT2D eigenvalue weighted by atomic mass is 16.4. The zero-order chi connectivity index (χ0) is 15.3. The molecule has 1 fully saturated rings. The number of carboxylic acid groups (broad SMARTS) is 1. The van der Waals surface area contributed by atoms with Crippen LogP contribution in [-0.2, 0) is 0 Å². The first-order valence-electron chi connectivity index (χ1n) is 7.65. The number of amides is 1. The van der Waals surface area contributed by atoms with Crippen molar-refractivity contribution in [2.75, 3.05) is 0 Å². The molecule has 5 nitrogen and oxygen atoms in total. The lowest BCUT2D eigenvalue weighted by molar-refractivity contribution is 0.0479. The monoisotopic (exact) mass is 286 g/mol. The number of carbonyl (C=O) groups is 1. The van der Waals surface area contributed by atoms with E-state index in [1.54, 1.807) is 0 Å². The molecular weight excluding hydrogens is 256 g/mol. The molecule has 1 unspecified atom stereocenters. The van der Waals surface area contributed by atoms with E-state index in [9.17, 15) is 9.90 Å². The number of hydrogen-bond donors (Lipinski definition) is 4. The Balaban J connectivity index is 2.69. The van der Waals surface area contributed by atoms with Crippen molar-refractivity contribution in [2.45, 2.75) is 77.5 Å². The second-order valence-corrected chi connectivity index (χ2v) is 7.18. The SMILES string of the molecule is CC(C)(C)C(N)[C@@H](O)[C@H](CC1CCCCC1)NC(=O)O. The summed E-state index contributed by atoms with van der Waals surface area (Å²) in [4.78, 5) is 11.0. The van der Waals surface area contributed by atoms with Crippen molar-refractivity contribution in [3.05, 3.63) is 0 Å². The second-order valence-electron chi connectivity index (χ2n) is 7.18. The Morgan fingerprint density at radius 3 is 2.30 bits per heavy atom. The van der Waals surface area contributed by atoms with Crippen molar-refractivity contribution >= 4 is 6.09 Å². The van der Waals surface area contributed by atoms with E-state index in [4.69, 9.17) is 10.8 Å². The van der Waals surface area contributed by atoms with Crippen molar-refractivity contribution < 1.29 is 15.0 Å². The molecule has 0 saturated heterocycles. The average Bonchev–Trinajstić information content (AvgIpc) is 2.36. The van der Waals surface area contributed by atoms with Gasteiger partial charge in [0.15, 0.2) is 0 Å². The fourth-order valence-electron chi connectivity index (χ4n) is 2.99. The maximum absolute atomic E-state index is 11.0. The minimum Gasteiger partial charge on any atom is -0.465 e. The Morgan fingerprint density at radius 1 is 1.30 bits per heavy atom. The molecule has 0 bridgehead atoms. The molecule has 0 aromatic heterocycles. The molecule has 0 spiro atoms. The smallest absolute Gasteiger partial charge is 0.404 e. The van der Waals surface area contributed by atoms with Crippen LogP contribution in [0, 0.1) is 11.3 Å². The minimum absolute atomic E-state index is 0.260. The third-order valence-electron chi connectivity index (χ3n) is 4.40. The largest absolute Gasteiger partial charge is 0.465 e. The summed E-state index contributed by atoms with van der Waals surface area (Å²) in [6, 6.07) is -0.937. The molecule has 5 heteroatoms. The van der Waals surface area contributed by atoms with Crippen LogP contribution in [-0.4, -0.2) is 34.5 Å². The number of nitrogens with one attached hydrogen (secondary N) is 1. The summed E-state index contributed by atoms with van der Waals surface area (Å²) in [7, 11) is 0. The molecular formula is C15H30N2O3. The van der Waals surface area contributed by atoms with E-state index in [1.807, 2.05) is 20.8 Å². The number of nitrogens with two attached hydrogens (primary N) is 1. The molecule has 1 amide bonds. The molecule has 0 radical (unpaired) electrons. The minimum atomic E-state index is -1.09. The summed E-state index contributed by atoms with van der Waals surface area (Å²) in [6.07, 6.45) is 4.64. The normalized spacial score (nSPS) is 22.1. The molecule has 0 aliphatic heterocycles. The lowest BCUT2D eigenvalue weighted by Gasteiger charge is -2.37. The first-order valence-corrected chi connectivity index (χ1v) is 7.65. The van der Waals surface area contributed by atoms with Gasteiger partial charge in [0.25, 0.3) is 0 Å². The Bertz CT molecular complexity index is 309. The van der Waals surface area contributed by atoms with Crippen molar-refractivity contribution in [1.29, 1.82) is 0 Å². The molecule has 1 rings (SSSR count). The fraction of sp³-hybridized carbons (Fsp3) is 0.933. The van der Waals surface area contributed by atoms with Crippen molar-refractivity contribution in [3.8, 4) is 0 Å². The van der Waals surface area contributed by atoms with Gasteiger partial charge in [-0.1, -0.05) is 52.9 Å². The maximum atomic E-state index is 11.0. The highest BCUT2D eigenvalue weighted by molar-refractivity contribution is 5.64. The van der Waals surface area contributed by atoms with E-state index in [0.29, 0.717) is 12.3 Å². The first-order chi connectivity index (χ1) is 9.21. The molecule has 1 aliphatic carbocycles. The van der Waals surface area contributed by atoms with Gasteiger partial charge in [-0.25, -0.2) is 4.79 Å². The summed E-state index contributed by atoms with van der Waals surface area (Å²) in [5.74, 6) is 0.488. The van der Waals surface area contributed by atoms with Gasteiger partial charge >= 0.3 is 6.09 Å². The molecule has 3 atom stereocenters. The first kappa shape index (κ1) is 17.2. The molecule has 5 N–H and O–H groups in total. The molecule has 1 saturated carbocycles. The lowest BCUT2D eigenvalue weighted by atomic mass is 9.78. The van der Waals surface area contributed by atoms with E-state index in [0.717, 1.165) is 12.8 Å². The zero-order valence-corrected chi connectivity index (χ0v) is 12.9. The van der Waals surface area contributed by atoms with Gasteiger partial charge in [-0.05, 0) is 17.8 Å². The molecule has 0 heterocycles. The van der Waals surface area contributed by atoms with Gasteiger partial charge in [-0.15, -0.1) is 0 Å². The van der Waals surface area contributed by atoms with Gasteiger partial charge in [0.05, 0.1) is 12.1 Å². The van der Waals surface area contributed by atoms with Crippen LogP contribution in [0.25, 0.3) is 0 Å². The number of hydrogen-bond acceptors (Lipinski definition) is 3. The predicted molar refractivity (Wildman–Crippen MR) is 79.6 cm³/mol. The van der Waals surface area contributed by atoms with Crippen LogP contribution in [0.4, 0.5) is 4.79 Å². The summed E-state index contributed by atoms with van der Waals surface area (Å²) in [6.45, 7) is 5.87. The van der Waals surface area contributed by atoms with E-state index >= 15 is 0 Å². The third-order valence-corrected chi connectivity index (χ3v) is 4.40. The van der Waals surface area contributed by atoms with Gasteiger partial charge in [0.2, 0.25) is 0 Å². The van der Waals surface area contributed by atoms with Crippen LogP contribution in [0.15, 0.2) is 0 Å². The highest BCUT2D eigenvalue weighted by Crippen LogP contribution is 2.30. The van der Waals surface area contributed by atoms with Crippen LogP contribution in [0.3, 0.4) is 0 Å². The third kappa shape index (κ3) is 5.29. The standard InChI is InChI=1S/C15H30N2O3/c1-15(2,3)13(16)12(18)11(17-14(19)20)9-10-7-5-4-6-8-10/h10-13,17-18H,4-9,16H2,1-3H3,(H,19,20)/t11-,12-,13?/m0/s1. The van der Waals surface area contributed by atoms with Gasteiger partial charge in [-0.3, -0.25) is 0 Å². The second kappa shape index (κ2) is 7.27. The van der Waals surface area contributed by atoms with Crippen LogP contribution in [0.2, 0.25) is 0 Å². The van der Waals surface area contributed by atoms with Crippen molar-refractivity contribution in [1.82, 2.24) is 5.32 Å².